The van der Waals surface area contributed by atoms with Crippen molar-refractivity contribution in [3.05, 3.63) is 77.9 Å². The van der Waals surface area contributed by atoms with Crippen molar-refractivity contribution in [1.29, 1.82) is 0 Å². The van der Waals surface area contributed by atoms with Crippen molar-refractivity contribution in [2.75, 3.05) is 13.6 Å². The predicted molar refractivity (Wildman–Crippen MR) is 116 cm³/mol. The number of rotatable bonds is 7. The highest BCUT2D eigenvalue weighted by atomic mass is 32.2. The molecule has 1 atom stereocenters. The Morgan fingerprint density at radius 3 is 2.31 bits per heavy atom. The summed E-state index contributed by atoms with van der Waals surface area (Å²) in [4.78, 5) is 12.6. The van der Waals surface area contributed by atoms with E-state index in [0.29, 0.717) is 0 Å². The van der Waals surface area contributed by atoms with Crippen LogP contribution in [0.1, 0.15) is 31.0 Å². The Labute approximate surface area is 172 Å². The van der Waals surface area contributed by atoms with Gasteiger partial charge in [0.25, 0.3) is 0 Å². The molecule has 0 saturated heterocycles. The average molecular weight is 411 g/mol. The van der Waals surface area contributed by atoms with Gasteiger partial charge in [-0.15, -0.1) is 0 Å². The zero-order valence-electron chi connectivity index (χ0n) is 16.9. The molecule has 152 valence electrons. The van der Waals surface area contributed by atoms with Gasteiger partial charge in [-0.05, 0) is 47.4 Å². The molecule has 3 rings (SSSR count). The number of aryl methyl sites for hydroxylation is 1. The fourth-order valence-corrected chi connectivity index (χ4v) is 4.37. The lowest BCUT2D eigenvalue weighted by atomic mass is 10.1. The summed E-state index contributed by atoms with van der Waals surface area (Å²) in [7, 11) is -2.34. The van der Waals surface area contributed by atoms with Crippen molar-refractivity contribution in [3.8, 4) is 0 Å². The molecular weight excluding hydrogens is 384 g/mol. The Kier molecular flexibility index (Phi) is 6.35. The smallest absolute Gasteiger partial charge is 0.243 e. The first kappa shape index (κ1) is 21.0. The number of likely N-dealkylation sites (N-methyl/N-ethyl adjacent to an activating group) is 1. The van der Waals surface area contributed by atoms with E-state index >= 15 is 0 Å². The van der Waals surface area contributed by atoms with E-state index in [1.165, 1.54) is 12.6 Å². The van der Waals surface area contributed by atoms with Crippen LogP contribution in [-0.2, 0) is 21.2 Å². The fraction of sp³-hybridized carbons (Fsp3) is 0.261. The van der Waals surface area contributed by atoms with Crippen molar-refractivity contribution in [3.63, 3.8) is 0 Å². The Bertz CT molecular complexity index is 1110. The molecule has 0 unspecified atom stereocenters. The molecule has 3 aromatic rings. The molecule has 0 saturated carbocycles. The molecular formula is C23H26N2O3S. The number of carbonyl (C=O) groups is 1. The lowest BCUT2D eigenvalue weighted by molar-refractivity contribution is -0.121. The maximum absolute atomic E-state index is 12.9. The highest BCUT2D eigenvalue weighted by molar-refractivity contribution is 7.89. The van der Waals surface area contributed by atoms with Gasteiger partial charge in [0.2, 0.25) is 15.9 Å². The van der Waals surface area contributed by atoms with Gasteiger partial charge < -0.3 is 5.32 Å². The Balaban J connectivity index is 1.68. The second kappa shape index (κ2) is 8.76. The monoisotopic (exact) mass is 410 g/mol. The lowest BCUT2D eigenvalue weighted by Crippen LogP contribution is -2.39. The number of nitrogens with zero attached hydrogens (tertiary/aromatic N) is 1. The third kappa shape index (κ3) is 4.83. The molecule has 0 heterocycles. The molecule has 0 bridgehead atoms. The maximum Gasteiger partial charge on any atom is 0.243 e. The van der Waals surface area contributed by atoms with Crippen molar-refractivity contribution in [2.45, 2.75) is 31.2 Å². The molecule has 0 spiro atoms. The lowest BCUT2D eigenvalue weighted by Gasteiger charge is -2.20. The first-order valence-electron chi connectivity index (χ1n) is 9.64. The Morgan fingerprint density at radius 2 is 1.66 bits per heavy atom. The van der Waals surface area contributed by atoms with Crippen LogP contribution in [0, 0.1) is 0 Å². The molecule has 1 N–H and O–H groups in total. The second-order valence-corrected chi connectivity index (χ2v) is 9.20. The summed E-state index contributed by atoms with van der Waals surface area (Å²) in [6.07, 6.45) is 0.957. The number of sulfonamides is 1. The van der Waals surface area contributed by atoms with Gasteiger partial charge in [0, 0.05) is 7.05 Å². The first-order valence-corrected chi connectivity index (χ1v) is 11.1. The number of hydrogen-bond donors (Lipinski definition) is 1. The molecule has 0 aromatic heterocycles. The third-order valence-electron chi connectivity index (χ3n) is 5.06. The molecule has 0 radical (unpaired) electrons. The molecule has 0 aliphatic heterocycles. The van der Waals surface area contributed by atoms with Gasteiger partial charge in [-0.2, -0.15) is 4.31 Å². The molecule has 0 aliphatic carbocycles. The SMILES string of the molecule is CCc1ccc([C@@H](C)NC(=O)CN(C)S(=O)(=O)c2ccc3ccccc3c2)cc1. The summed E-state index contributed by atoms with van der Waals surface area (Å²) in [6.45, 7) is 3.73. The van der Waals surface area contributed by atoms with E-state index in [4.69, 9.17) is 0 Å². The van der Waals surface area contributed by atoms with E-state index < -0.39 is 10.0 Å². The van der Waals surface area contributed by atoms with E-state index in [0.717, 1.165) is 27.1 Å². The van der Waals surface area contributed by atoms with Crippen LogP contribution < -0.4 is 5.32 Å². The first-order chi connectivity index (χ1) is 13.8. The van der Waals surface area contributed by atoms with Crippen LogP contribution in [0.15, 0.2) is 71.6 Å². The van der Waals surface area contributed by atoms with Crippen LogP contribution in [0.5, 0.6) is 0 Å². The van der Waals surface area contributed by atoms with Crippen molar-refractivity contribution >= 4 is 26.7 Å². The topological polar surface area (TPSA) is 66.5 Å². The van der Waals surface area contributed by atoms with Gasteiger partial charge in [-0.25, -0.2) is 8.42 Å². The van der Waals surface area contributed by atoms with E-state index in [1.54, 1.807) is 18.2 Å². The fourth-order valence-electron chi connectivity index (χ4n) is 3.21. The molecule has 6 heteroatoms. The standard InChI is InChI=1S/C23H26N2O3S/c1-4-18-9-11-19(12-10-18)17(2)24-23(26)16-25(3)29(27,28)22-14-13-20-7-5-6-8-21(20)15-22/h5-15,17H,4,16H2,1-3H3,(H,24,26)/t17-/m1/s1. The highest BCUT2D eigenvalue weighted by Crippen LogP contribution is 2.21. The summed E-state index contributed by atoms with van der Waals surface area (Å²) < 4.78 is 26.8. The predicted octanol–water partition coefficient (Wildman–Crippen LogP) is 3.90. The van der Waals surface area contributed by atoms with Crippen LogP contribution in [0.25, 0.3) is 10.8 Å². The summed E-state index contributed by atoms with van der Waals surface area (Å²) in [5.41, 5.74) is 2.21. The van der Waals surface area contributed by atoms with Gasteiger partial charge in [-0.3, -0.25) is 4.79 Å². The molecule has 0 aliphatic rings. The minimum absolute atomic E-state index is 0.176. The highest BCUT2D eigenvalue weighted by Gasteiger charge is 2.24. The zero-order valence-corrected chi connectivity index (χ0v) is 17.7. The summed E-state index contributed by atoms with van der Waals surface area (Å²) >= 11 is 0. The Morgan fingerprint density at radius 1 is 1.00 bits per heavy atom. The van der Waals surface area contributed by atoms with Crippen LogP contribution in [0.4, 0.5) is 0 Å². The number of amides is 1. The molecule has 0 fully saturated rings. The third-order valence-corrected chi connectivity index (χ3v) is 6.86. The minimum Gasteiger partial charge on any atom is -0.348 e. The van der Waals surface area contributed by atoms with Gasteiger partial charge in [0.1, 0.15) is 0 Å². The van der Waals surface area contributed by atoms with Crippen LogP contribution in [0.2, 0.25) is 0 Å². The number of hydrogen-bond acceptors (Lipinski definition) is 3. The van der Waals surface area contributed by atoms with Crippen molar-refractivity contribution in [2.24, 2.45) is 0 Å². The summed E-state index contributed by atoms with van der Waals surface area (Å²) in [5.74, 6) is -0.344. The Hall–Kier alpha value is -2.70. The van der Waals surface area contributed by atoms with E-state index in [-0.39, 0.29) is 23.4 Å². The quantitative estimate of drug-likeness (QED) is 0.642. The van der Waals surface area contributed by atoms with Crippen LogP contribution in [-0.4, -0.2) is 32.2 Å². The van der Waals surface area contributed by atoms with Crippen molar-refractivity contribution in [1.82, 2.24) is 9.62 Å². The minimum atomic E-state index is -3.76. The number of carbonyl (C=O) groups excluding carboxylic acids is 1. The normalized spacial score (nSPS) is 12.8. The number of fused-ring (bicyclic) bond motifs is 1. The van der Waals surface area contributed by atoms with Gasteiger partial charge in [-0.1, -0.05) is 61.5 Å². The molecule has 1 amide bonds. The van der Waals surface area contributed by atoms with E-state index in [1.807, 2.05) is 55.5 Å². The van der Waals surface area contributed by atoms with Gasteiger partial charge >= 0.3 is 0 Å². The van der Waals surface area contributed by atoms with E-state index in [9.17, 15) is 13.2 Å². The van der Waals surface area contributed by atoms with Gasteiger partial charge in [0.05, 0.1) is 17.5 Å². The second-order valence-electron chi connectivity index (χ2n) is 7.15. The maximum atomic E-state index is 12.9. The largest absolute Gasteiger partial charge is 0.348 e. The average Bonchev–Trinajstić information content (AvgIpc) is 2.73. The summed E-state index contributed by atoms with van der Waals surface area (Å²) in [6, 6.07) is 20.4. The van der Waals surface area contributed by atoms with E-state index in [2.05, 4.69) is 12.2 Å². The molecule has 5 nitrogen and oxygen atoms in total. The molecule has 29 heavy (non-hydrogen) atoms. The number of nitrogens with one attached hydrogen (secondary N) is 1. The van der Waals surface area contributed by atoms with Crippen molar-refractivity contribution < 1.29 is 13.2 Å². The van der Waals surface area contributed by atoms with Gasteiger partial charge in [0.15, 0.2) is 0 Å². The summed E-state index contributed by atoms with van der Waals surface area (Å²) in [5, 5.41) is 4.68. The van der Waals surface area contributed by atoms with Crippen LogP contribution in [0.3, 0.4) is 0 Å². The zero-order chi connectivity index (χ0) is 21.0. The van der Waals surface area contributed by atoms with Crippen LogP contribution >= 0.6 is 0 Å². The number of benzene rings is 3. The molecule has 3 aromatic carbocycles.